The third-order valence-electron chi connectivity index (χ3n) is 1.88. The van der Waals surface area contributed by atoms with Crippen LogP contribution in [0.4, 0.5) is 0 Å². The molecule has 12 heavy (non-hydrogen) atoms. The number of pyridine rings is 1. The van der Waals surface area contributed by atoms with Gasteiger partial charge in [0.15, 0.2) is 0 Å². The Morgan fingerprint density at radius 1 is 1.50 bits per heavy atom. The monoisotopic (exact) mass is 158 g/mol. The smallest absolute Gasteiger partial charge is 0.136 e. The van der Waals surface area contributed by atoms with Gasteiger partial charge in [0.2, 0.25) is 0 Å². The number of allylic oxidation sites excluding steroid dienone is 1. The lowest BCUT2D eigenvalue weighted by Gasteiger charge is -1.99. The summed E-state index contributed by atoms with van der Waals surface area (Å²) in [5.41, 5.74) is 3.20. The summed E-state index contributed by atoms with van der Waals surface area (Å²) in [6, 6.07) is 4.02. The molecule has 0 aliphatic carbocycles. The lowest BCUT2D eigenvalue weighted by atomic mass is 10.1. The number of rotatable bonds is 1. The van der Waals surface area contributed by atoms with E-state index in [1.54, 1.807) is 6.20 Å². The lowest BCUT2D eigenvalue weighted by Crippen LogP contribution is -1.85. The molecule has 0 fully saturated rings. The van der Waals surface area contributed by atoms with Crippen LogP contribution < -0.4 is 0 Å². The van der Waals surface area contributed by atoms with Crippen molar-refractivity contribution >= 4 is 11.2 Å². The molecule has 2 heteroatoms. The second-order valence-electron chi connectivity index (χ2n) is 2.89. The molecule has 0 radical (unpaired) electrons. The highest BCUT2D eigenvalue weighted by molar-refractivity contribution is 5.62. The standard InChI is InChI=1S/C10H10N2/c1-8(2)9-3-4-10-11-5-6-12(10)7-9/h3-7H,1H2,2H3. The first kappa shape index (κ1) is 7.10. The molecule has 0 N–H and O–H groups in total. The molecule has 2 aromatic heterocycles. The first-order chi connectivity index (χ1) is 5.77. The second kappa shape index (κ2) is 2.48. The van der Waals surface area contributed by atoms with Crippen molar-refractivity contribution in [3.05, 3.63) is 42.9 Å². The zero-order valence-corrected chi connectivity index (χ0v) is 6.99. The topological polar surface area (TPSA) is 17.3 Å². The molecule has 0 amide bonds. The van der Waals surface area contributed by atoms with E-state index in [1.807, 2.05) is 35.9 Å². The number of hydrogen-bond acceptors (Lipinski definition) is 1. The van der Waals surface area contributed by atoms with E-state index in [1.165, 1.54) is 0 Å². The SMILES string of the molecule is C=C(C)c1ccc2nccn2c1. The Balaban J connectivity index is 2.68. The van der Waals surface area contributed by atoms with Crippen LogP contribution in [0.15, 0.2) is 37.3 Å². The summed E-state index contributed by atoms with van der Waals surface area (Å²) >= 11 is 0. The van der Waals surface area contributed by atoms with E-state index in [2.05, 4.69) is 11.6 Å². The van der Waals surface area contributed by atoms with Crippen LogP contribution >= 0.6 is 0 Å². The van der Waals surface area contributed by atoms with E-state index < -0.39 is 0 Å². The normalized spacial score (nSPS) is 10.4. The molecule has 2 nitrogen and oxygen atoms in total. The first-order valence-electron chi connectivity index (χ1n) is 3.86. The van der Waals surface area contributed by atoms with Gasteiger partial charge in [-0.1, -0.05) is 6.58 Å². The van der Waals surface area contributed by atoms with Gasteiger partial charge in [-0.15, -0.1) is 0 Å². The van der Waals surface area contributed by atoms with Gasteiger partial charge >= 0.3 is 0 Å². The zero-order chi connectivity index (χ0) is 8.55. The van der Waals surface area contributed by atoms with Gasteiger partial charge in [-0.05, 0) is 30.2 Å². The minimum atomic E-state index is 0.972. The maximum absolute atomic E-state index is 4.15. The fourth-order valence-electron chi connectivity index (χ4n) is 1.17. The average molecular weight is 158 g/mol. The van der Waals surface area contributed by atoms with Gasteiger partial charge in [-0.25, -0.2) is 4.98 Å². The number of hydrogen-bond donors (Lipinski definition) is 0. The molecule has 0 saturated carbocycles. The van der Waals surface area contributed by atoms with Crippen molar-refractivity contribution < 1.29 is 0 Å². The number of imidazole rings is 1. The van der Waals surface area contributed by atoms with Crippen molar-refractivity contribution in [2.24, 2.45) is 0 Å². The third-order valence-corrected chi connectivity index (χ3v) is 1.88. The van der Waals surface area contributed by atoms with Gasteiger partial charge in [0.05, 0.1) is 0 Å². The molecule has 2 aromatic rings. The van der Waals surface area contributed by atoms with E-state index in [0.717, 1.165) is 16.8 Å². The first-order valence-corrected chi connectivity index (χ1v) is 3.86. The highest BCUT2D eigenvalue weighted by Gasteiger charge is 1.95. The van der Waals surface area contributed by atoms with E-state index in [0.29, 0.717) is 0 Å². The molecule has 2 rings (SSSR count). The predicted molar refractivity (Wildman–Crippen MR) is 49.9 cm³/mol. The van der Waals surface area contributed by atoms with Crippen molar-refractivity contribution in [3.63, 3.8) is 0 Å². The molecule has 60 valence electrons. The maximum Gasteiger partial charge on any atom is 0.136 e. The molecule has 0 spiro atoms. The van der Waals surface area contributed by atoms with Gasteiger partial charge in [0.25, 0.3) is 0 Å². The van der Waals surface area contributed by atoms with Crippen LogP contribution in [-0.4, -0.2) is 9.38 Å². The fraction of sp³-hybridized carbons (Fsp3) is 0.100. The lowest BCUT2D eigenvalue weighted by molar-refractivity contribution is 1.17. The number of fused-ring (bicyclic) bond motifs is 1. The highest BCUT2D eigenvalue weighted by atomic mass is 15.0. The molecule has 0 aromatic carbocycles. The van der Waals surface area contributed by atoms with Crippen LogP contribution in [0, 0.1) is 0 Å². The van der Waals surface area contributed by atoms with Crippen LogP contribution in [0.2, 0.25) is 0 Å². The molecule has 0 saturated heterocycles. The Morgan fingerprint density at radius 2 is 2.33 bits per heavy atom. The Bertz CT molecular complexity index is 426. The number of nitrogens with zero attached hydrogens (tertiary/aromatic N) is 2. The van der Waals surface area contributed by atoms with Crippen LogP contribution in [0.5, 0.6) is 0 Å². The maximum atomic E-state index is 4.15. The molecular weight excluding hydrogens is 148 g/mol. The van der Waals surface area contributed by atoms with Crippen LogP contribution in [0.3, 0.4) is 0 Å². The minimum absolute atomic E-state index is 0.972. The largest absolute Gasteiger partial charge is 0.307 e. The zero-order valence-electron chi connectivity index (χ0n) is 6.99. The van der Waals surface area contributed by atoms with E-state index in [-0.39, 0.29) is 0 Å². The molecule has 0 aliphatic heterocycles. The summed E-state index contributed by atoms with van der Waals surface area (Å²) in [7, 11) is 0. The molecule has 0 aliphatic rings. The van der Waals surface area contributed by atoms with Crippen molar-refractivity contribution in [2.75, 3.05) is 0 Å². The van der Waals surface area contributed by atoms with Gasteiger partial charge in [-0.2, -0.15) is 0 Å². The Labute approximate surface area is 71.2 Å². The summed E-state index contributed by atoms with van der Waals surface area (Å²) in [6.07, 6.45) is 5.75. The summed E-state index contributed by atoms with van der Waals surface area (Å²) in [6.45, 7) is 5.88. The van der Waals surface area contributed by atoms with Crippen LogP contribution in [0.1, 0.15) is 12.5 Å². The summed E-state index contributed by atoms with van der Waals surface area (Å²) < 4.78 is 1.99. The highest BCUT2D eigenvalue weighted by Crippen LogP contribution is 2.11. The quantitative estimate of drug-likeness (QED) is 0.622. The van der Waals surface area contributed by atoms with E-state index in [4.69, 9.17) is 0 Å². The van der Waals surface area contributed by atoms with Crippen LogP contribution in [-0.2, 0) is 0 Å². The Kier molecular flexibility index (Phi) is 1.47. The van der Waals surface area contributed by atoms with Crippen molar-refractivity contribution in [1.82, 2.24) is 9.38 Å². The van der Waals surface area contributed by atoms with Gasteiger partial charge < -0.3 is 4.40 Å². The van der Waals surface area contributed by atoms with Crippen molar-refractivity contribution in [2.45, 2.75) is 6.92 Å². The van der Waals surface area contributed by atoms with Gasteiger partial charge in [0, 0.05) is 18.6 Å². The summed E-state index contributed by atoms with van der Waals surface area (Å²) in [4.78, 5) is 4.15. The van der Waals surface area contributed by atoms with Crippen molar-refractivity contribution in [1.29, 1.82) is 0 Å². The number of aromatic nitrogens is 2. The third kappa shape index (κ3) is 1.01. The Morgan fingerprint density at radius 3 is 3.08 bits per heavy atom. The van der Waals surface area contributed by atoms with Gasteiger partial charge in [0.1, 0.15) is 5.65 Å². The minimum Gasteiger partial charge on any atom is -0.307 e. The Hall–Kier alpha value is -1.57. The summed E-state index contributed by atoms with van der Waals surface area (Å²) in [5, 5.41) is 0. The molecule has 0 atom stereocenters. The second-order valence-corrected chi connectivity index (χ2v) is 2.89. The predicted octanol–water partition coefficient (Wildman–Crippen LogP) is 2.37. The van der Waals surface area contributed by atoms with E-state index >= 15 is 0 Å². The molecule has 0 unspecified atom stereocenters. The fourth-order valence-corrected chi connectivity index (χ4v) is 1.17. The molecule has 2 heterocycles. The van der Waals surface area contributed by atoms with Crippen LogP contribution in [0.25, 0.3) is 11.2 Å². The van der Waals surface area contributed by atoms with Gasteiger partial charge in [-0.3, -0.25) is 0 Å². The summed E-state index contributed by atoms with van der Waals surface area (Å²) in [5.74, 6) is 0. The average Bonchev–Trinajstić information content (AvgIpc) is 2.49. The van der Waals surface area contributed by atoms with Crippen molar-refractivity contribution in [3.8, 4) is 0 Å². The molecule has 0 bridgehead atoms. The molecular formula is C10H10N2. The van der Waals surface area contributed by atoms with E-state index in [9.17, 15) is 0 Å².